The Balaban J connectivity index is 0. The molecule has 1 radical (unpaired) electrons. The number of allylic oxidation sites excluding steroid dienone is 8. The van der Waals surface area contributed by atoms with Gasteiger partial charge >= 0.3 is 0 Å². The fourth-order valence-corrected chi connectivity index (χ4v) is 1.71. The monoisotopic (exact) mass is 336 g/mol. The van der Waals surface area contributed by atoms with Crippen molar-refractivity contribution in [3.8, 4) is 0 Å². The van der Waals surface area contributed by atoms with Gasteiger partial charge in [-0.25, -0.2) is 0 Å². The van der Waals surface area contributed by atoms with Crippen molar-refractivity contribution in [2.24, 2.45) is 0 Å². The van der Waals surface area contributed by atoms with Gasteiger partial charge in [-0.3, -0.25) is 0 Å². The molecule has 105 valence electrons. The van der Waals surface area contributed by atoms with Gasteiger partial charge in [0.2, 0.25) is 0 Å². The Morgan fingerprint density at radius 2 is 0.444 bits per heavy atom. The standard InChI is InChI=1S/2C8H12.H2O.Rh/c2*1-2-4-6-8-7-5-3-1;;/h2*1-2,7-8H,3-6H2;1H2;/p-1/b2*2-1-,8-7-;;. The molecule has 0 spiro atoms. The second-order valence-electron chi connectivity index (χ2n) is 4.20. The molecular formula is C16H25ORh-. The quantitative estimate of drug-likeness (QED) is 0.443. The average Bonchev–Trinajstić information content (AvgIpc) is 2.15. The number of hydrogen-bond donors (Lipinski definition) is 0. The van der Waals surface area contributed by atoms with E-state index in [1.165, 1.54) is 51.4 Å². The first-order chi connectivity index (χ1) is 8.00. The third-order valence-corrected chi connectivity index (χ3v) is 2.67. The second-order valence-corrected chi connectivity index (χ2v) is 4.20. The van der Waals surface area contributed by atoms with Gasteiger partial charge in [0.05, 0.1) is 0 Å². The maximum Gasteiger partial charge on any atom is 0 e. The molecule has 1 nitrogen and oxygen atoms in total. The van der Waals surface area contributed by atoms with Crippen LogP contribution in [0.2, 0.25) is 0 Å². The summed E-state index contributed by atoms with van der Waals surface area (Å²) in [4.78, 5) is 0. The molecule has 0 unspecified atom stereocenters. The molecule has 0 heterocycles. The second kappa shape index (κ2) is 16.5. The zero-order valence-corrected chi connectivity index (χ0v) is 12.7. The van der Waals surface area contributed by atoms with Crippen LogP contribution in [0, 0.1) is 0 Å². The van der Waals surface area contributed by atoms with E-state index in [9.17, 15) is 0 Å². The van der Waals surface area contributed by atoms with Crippen LogP contribution >= 0.6 is 0 Å². The summed E-state index contributed by atoms with van der Waals surface area (Å²) in [6.07, 6.45) is 28.0. The van der Waals surface area contributed by atoms with Crippen LogP contribution in [0.3, 0.4) is 0 Å². The Hall–Kier alpha value is -0.457. The minimum absolute atomic E-state index is 0. The van der Waals surface area contributed by atoms with Crippen LogP contribution < -0.4 is 0 Å². The molecule has 0 saturated heterocycles. The van der Waals surface area contributed by atoms with Gasteiger partial charge in [0.15, 0.2) is 0 Å². The van der Waals surface area contributed by atoms with Crippen LogP contribution in [-0.2, 0) is 19.5 Å². The topological polar surface area (TPSA) is 30.0 Å². The summed E-state index contributed by atoms with van der Waals surface area (Å²) in [5.74, 6) is 0. The van der Waals surface area contributed by atoms with Crippen LogP contribution in [0.5, 0.6) is 0 Å². The van der Waals surface area contributed by atoms with Crippen molar-refractivity contribution >= 4 is 0 Å². The third kappa shape index (κ3) is 13.6. The average molecular weight is 336 g/mol. The molecule has 2 aliphatic carbocycles. The van der Waals surface area contributed by atoms with Crippen molar-refractivity contribution in [2.75, 3.05) is 0 Å². The Bertz CT molecular complexity index is 184. The molecule has 18 heavy (non-hydrogen) atoms. The zero-order chi connectivity index (χ0) is 11.3. The van der Waals surface area contributed by atoms with E-state index >= 15 is 0 Å². The fraction of sp³-hybridized carbons (Fsp3) is 0.500. The van der Waals surface area contributed by atoms with Crippen LogP contribution in [-0.4, -0.2) is 5.48 Å². The molecule has 0 aromatic carbocycles. The van der Waals surface area contributed by atoms with E-state index in [0.717, 1.165) is 0 Å². The molecule has 2 aliphatic rings. The van der Waals surface area contributed by atoms with E-state index < -0.39 is 0 Å². The molecule has 0 atom stereocenters. The Morgan fingerprint density at radius 1 is 0.333 bits per heavy atom. The smallest absolute Gasteiger partial charge is 0 e. The summed E-state index contributed by atoms with van der Waals surface area (Å²) >= 11 is 0. The molecule has 0 bridgehead atoms. The summed E-state index contributed by atoms with van der Waals surface area (Å²) in [7, 11) is 0. The minimum atomic E-state index is 0. The summed E-state index contributed by atoms with van der Waals surface area (Å²) in [5, 5.41) is 0. The predicted molar refractivity (Wildman–Crippen MR) is 75.4 cm³/mol. The Labute approximate surface area is 125 Å². The van der Waals surface area contributed by atoms with Crippen LogP contribution in [0.1, 0.15) is 51.4 Å². The van der Waals surface area contributed by atoms with Gasteiger partial charge in [-0.1, -0.05) is 48.6 Å². The zero-order valence-electron chi connectivity index (χ0n) is 11.1. The summed E-state index contributed by atoms with van der Waals surface area (Å²) in [6, 6.07) is 0. The fourth-order valence-electron chi connectivity index (χ4n) is 1.71. The van der Waals surface area contributed by atoms with Gasteiger partial charge in [0, 0.05) is 19.5 Å². The van der Waals surface area contributed by atoms with Crippen molar-refractivity contribution in [1.29, 1.82) is 0 Å². The molecule has 0 saturated carbocycles. The molecule has 2 rings (SSSR count). The van der Waals surface area contributed by atoms with Gasteiger partial charge in [0.1, 0.15) is 0 Å². The SMILES string of the molecule is C1=C\CC/C=C\CC/1.C1=C\CC/C=C\CC/1.[OH-].[Rh]. The van der Waals surface area contributed by atoms with Crippen LogP contribution in [0.25, 0.3) is 0 Å². The molecule has 0 amide bonds. The van der Waals surface area contributed by atoms with E-state index in [4.69, 9.17) is 0 Å². The van der Waals surface area contributed by atoms with E-state index in [1.54, 1.807) is 0 Å². The van der Waals surface area contributed by atoms with Gasteiger partial charge in [-0.2, -0.15) is 0 Å². The Morgan fingerprint density at radius 3 is 0.556 bits per heavy atom. The first-order valence-corrected chi connectivity index (χ1v) is 6.60. The van der Waals surface area contributed by atoms with Crippen LogP contribution in [0.15, 0.2) is 48.6 Å². The maximum absolute atomic E-state index is 2.27. The normalized spacial score (nSPS) is 24.9. The first kappa shape index (κ1) is 19.9. The van der Waals surface area contributed by atoms with Gasteiger partial charge in [0.25, 0.3) is 0 Å². The number of rotatable bonds is 0. The molecule has 1 N–H and O–H groups in total. The molecule has 0 aromatic rings. The van der Waals surface area contributed by atoms with Gasteiger partial charge < -0.3 is 5.48 Å². The van der Waals surface area contributed by atoms with Crippen molar-refractivity contribution in [1.82, 2.24) is 0 Å². The third-order valence-electron chi connectivity index (χ3n) is 2.67. The van der Waals surface area contributed by atoms with E-state index in [-0.39, 0.29) is 25.0 Å². The predicted octanol–water partition coefficient (Wildman–Crippen LogP) is 5.17. The molecule has 0 aromatic heterocycles. The Kier molecular flexibility index (Phi) is 18.3. The maximum atomic E-state index is 2.27. The van der Waals surface area contributed by atoms with E-state index in [2.05, 4.69) is 48.6 Å². The minimum Gasteiger partial charge on any atom is -0.870 e. The molecule has 0 aliphatic heterocycles. The summed E-state index contributed by atoms with van der Waals surface area (Å²) in [5.41, 5.74) is 0. The number of hydrogen-bond acceptors (Lipinski definition) is 1. The van der Waals surface area contributed by atoms with E-state index in [0.29, 0.717) is 0 Å². The summed E-state index contributed by atoms with van der Waals surface area (Å²) in [6.45, 7) is 0. The van der Waals surface area contributed by atoms with Crippen molar-refractivity contribution < 1.29 is 25.0 Å². The van der Waals surface area contributed by atoms with Crippen LogP contribution in [0.4, 0.5) is 0 Å². The molecular weight excluding hydrogens is 311 g/mol. The van der Waals surface area contributed by atoms with Crippen molar-refractivity contribution in [3.63, 3.8) is 0 Å². The summed E-state index contributed by atoms with van der Waals surface area (Å²) < 4.78 is 0. The molecule has 0 fully saturated rings. The first-order valence-electron chi connectivity index (χ1n) is 6.60. The van der Waals surface area contributed by atoms with Crippen molar-refractivity contribution in [2.45, 2.75) is 51.4 Å². The largest absolute Gasteiger partial charge is 0.870 e. The van der Waals surface area contributed by atoms with Crippen molar-refractivity contribution in [3.05, 3.63) is 48.6 Å². The van der Waals surface area contributed by atoms with Gasteiger partial charge in [-0.15, -0.1) is 0 Å². The van der Waals surface area contributed by atoms with E-state index in [1.807, 2.05) is 0 Å². The van der Waals surface area contributed by atoms with Gasteiger partial charge in [-0.05, 0) is 51.4 Å². The molecule has 2 heteroatoms.